The number of ketones is 1. The Morgan fingerprint density at radius 2 is 1.91 bits per heavy atom. The second kappa shape index (κ2) is 7.14. The van der Waals surface area contributed by atoms with E-state index in [1.807, 2.05) is 13.8 Å². The quantitative estimate of drug-likeness (QED) is 0.699. The van der Waals surface area contributed by atoms with Crippen molar-refractivity contribution in [2.45, 2.75) is 26.7 Å². The molecule has 0 saturated carbocycles. The van der Waals surface area contributed by atoms with Crippen LogP contribution in [0, 0.1) is 17.6 Å². The van der Waals surface area contributed by atoms with Gasteiger partial charge in [-0.05, 0) is 48.7 Å². The monoisotopic (exact) mass is 366 g/mol. The van der Waals surface area contributed by atoms with E-state index in [2.05, 4.69) is 15.9 Å². The van der Waals surface area contributed by atoms with Gasteiger partial charge in [0.15, 0.2) is 5.78 Å². The molecule has 2 aromatic carbocycles. The van der Waals surface area contributed by atoms with Crippen molar-refractivity contribution in [3.63, 3.8) is 0 Å². The predicted octanol–water partition coefficient (Wildman–Crippen LogP) is 5.35. The lowest BCUT2D eigenvalue weighted by Gasteiger charge is -2.10. The maximum absolute atomic E-state index is 13.8. The average molecular weight is 367 g/mol. The molecule has 2 aromatic rings. The Hall–Kier alpha value is -1.55. The Morgan fingerprint density at radius 3 is 2.59 bits per heavy atom. The lowest BCUT2D eigenvalue weighted by Crippen LogP contribution is -2.13. The lowest BCUT2D eigenvalue weighted by molar-refractivity contribution is 0.0936. The van der Waals surface area contributed by atoms with Crippen LogP contribution in [0.25, 0.3) is 0 Å². The number of hydrogen-bond donors (Lipinski definition) is 0. The van der Waals surface area contributed by atoms with Gasteiger partial charge >= 0.3 is 0 Å². The second-order valence-electron chi connectivity index (χ2n) is 4.97. The highest BCUT2D eigenvalue weighted by molar-refractivity contribution is 9.10. The molecule has 0 saturated heterocycles. The van der Waals surface area contributed by atoms with Crippen LogP contribution in [-0.4, -0.2) is 5.78 Å². The van der Waals surface area contributed by atoms with Crippen LogP contribution >= 0.6 is 15.9 Å². The molecule has 0 aromatic heterocycles. The number of carbonyl (C=O) groups is 1. The summed E-state index contributed by atoms with van der Waals surface area (Å²) in [4.78, 5) is 12.3. The molecule has 3 rings (SSSR count). The van der Waals surface area contributed by atoms with Gasteiger partial charge in [0, 0.05) is 21.5 Å². The molecule has 1 atom stereocenters. The molecule has 1 nitrogen and oxygen atoms in total. The molecule has 0 N–H and O–H groups in total. The molecule has 1 aliphatic carbocycles. The first-order chi connectivity index (χ1) is 10.6. The summed E-state index contributed by atoms with van der Waals surface area (Å²) < 4.78 is 27.7. The van der Waals surface area contributed by atoms with E-state index in [-0.39, 0.29) is 23.3 Å². The minimum Gasteiger partial charge on any atom is -0.294 e. The molecule has 1 unspecified atom stereocenters. The van der Waals surface area contributed by atoms with Gasteiger partial charge in [0.1, 0.15) is 11.6 Å². The Bertz CT molecular complexity index is 677. The fourth-order valence-corrected chi connectivity index (χ4v) is 3.19. The first kappa shape index (κ1) is 16.8. The maximum Gasteiger partial charge on any atom is 0.166 e. The SMILES string of the molecule is CC.O=C1c2ccc(F)cc2CC1Cc1c(F)cccc1Br. The van der Waals surface area contributed by atoms with Crippen molar-refractivity contribution >= 4 is 21.7 Å². The van der Waals surface area contributed by atoms with Gasteiger partial charge in [0.25, 0.3) is 0 Å². The summed E-state index contributed by atoms with van der Waals surface area (Å²) in [5.74, 6) is -1.02. The van der Waals surface area contributed by atoms with Crippen molar-refractivity contribution in [3.8, 4) is 0 Å². The van der Waals surface area contributed by atoms with E-state index >= 15 is 0 Å². The smallest absolute Gasteiger partial charge is 0.166 e. The number of Topliss-reactive ketones (excluding diaryl/α,β-unsaturated/α-hetero) is 1. The summed E-state index contributed by atoms with van der Waals surface area (Å²) in [6.07, 6.45) is 0.787. The molecule has 116 valence electrons. The van der Waals surface area contributed by atoms with E-state index in [0.717, 1.165) is 0 Å². The van der Waals surface area contributed by atoms with Gasteiger partial charge in [-0.25, -0.2) is 8.78 Å². The summed E-state index contributed by atoms with van der Waals surface area (Å²) in [5.41, 5.74) is 1.77. The number of carbonyl (C=O) groups excluding carboxylic acids is 1. The van der Waals surface area contributed by atoms with Gasteiger partial charge in [-0.3, -0.25) is 4.79 Å². The van der Waals surface area contributed by atoms with Gasteiger partial charge in [-0.15, -0.1) is 0 Å². The highest BCUT2D eigenvalue weighted by Gasteiger charge is 2.31. The molecule has 0 fully saturated rings. The molecule has 0 radical (unpaired) electrons. The van der Waals surface area contributed by atoms with Crippen molar-refractivity contribution in [2.75, 3.05) is 0 Å². The fraction of sp³-hybridized carbons (Fsp3) is 0.278. The van der Waals surface area contributed by atoms with Crippen molar-refractivity contribution < 1.29 is 13.6 Å². The third-order valence-corrected chi connectivity index (χ3v) is 4.43. The first-order valence-electron chi connectivity index (χ1n) is 7.32. The highest BCUT2D eigenvalue weighted by atomic mass is 79.9. The van der Waals surface area contributed by atoms with E-state index in [4.69, 9.17) is 0 Å². The fourth-order valence-electron chi connectivity index (χ4n) is 2.69. The number of fused-ring (bicyclic) bond motifs is 1. The zero-order chi connectivity index (χ0) is 16.3. The van der Waals surface area contributed by atoms with Crippen molar-refractivity contribution in [3.05, 3.63) is 69.2 Å². The Labute approximate surface area is 137 Å². The summed E-state index contributed by atoms with van der Waals surface area (Å²) in [5, 5.41) is 0. The summed E-state index contributed by atoms with van der Waals surface area (Å²) in [6.45, 7) is 4.00. The van der Waals surface area contributed by atoms with Crippen LogP contribution in [0.4, 0.5) is 8.78 Å². The molecule has 0 amide bonds. The number of rotatable bonds is 2. The molecule has 0 heterocycles. The van der Waals surface area contributed by atoms with E-state index in [1.165, 1.54) is 24.3 Å². The van der Waals surface area contributed by atoms with Crippen LogP contribution in [0.5, 0.6) is 0 Å². The normalized spacial score (nSPS) is 16.0. The van der Waals surface area contributed by atoms with Gasteiger partial charge in [0.2, 0.25) is 0 Å². The third kappa shape index (κ3) is 3.27. The van der Waals surface area contributed by atoms with Crippen molar-refractivity contribution in [1.82, 2.24) is 0 Å². The van der Waals surface area contributed by atoms with Gasteiger partial charge in [-0.2, -0.15) is 0 Å². The second-order valence-corrected chi connectivity index (χ2v) is 5.83. The van der Waals surface area contributed by atoms with Crippen LogP contribution in [0.2, 0.25) is 0 Å². The topological polar surface area (TPSA) is 17.1 Å². The Morgan fingerprint density at radius 1 is 1.18 bits per heavy atom. The summed E-state index contributed by atoms with van der Waals surface area (Å²) in [6, 6.07) is 8.95. The zero-order valence-electron chi connectivity index (χ0n) is 12.5. The van der Waals surface area contributed by atoms with E-state index in [1.54, 1.807) is 12.1 Å². The molecule has 4 heteroatoms. The molecule has 0 spiro atoms. The van der Waals surface area contributed by atoms with Crippen LogP contribution in [0.15, 0.2) is 40.9 Å². The average Bonchev–Trinajstić information content (AvgIpc) is 2.81. The zero-order valence-corrected chi connectivity index (χ0v) is 14.1. The van der Waals surface area contributed by atoms with E-state index in [0.29, 0.717) is 34.0 Å². The number of halogens is 3. The van der Waals surface area contributed by atoms with Crippen molar-refractivity contribution in [2.24, 2.45) is 5.92 Å². The Balaban J connectivity index is 0.000000847. The Kier molecular flexibility index (Phi) is 5.46. The van der Waals surface area contributed by atoms with Crippen LogP contribution in [0.1, 0.15) is 35.3 Å². The predicted molar refractivity (Wildman–Crippen MR) is 87.1 cm³/mol. The first-order valence-corrected chi connectivity index (χ1v) is 8.11. The van der Waals surface area contributed by atoms with Crippen LogP contribution < -0.4 is 0 Å². The maximum atomic E-state index is 13.8. The van der Waals surface area contributed by atoms with Crippen LogP contribution in [0.3, 0.4) is 0 Å². The molecule has 0 aliphatic heterocycles. The van der Waals surface area contributed by atoms with Crippen molar-refractivity contribution in [1.29, 1.82) is 0 Å². The summed E-state index contributed by atoms with van der Waals surface area (Å²) in [7, 11) is 0. The van der Waals surface area contributed by atoms with Crippen LogP contribution in [-0.2, 0) is 12.8 Å². The van der Waals surface area contributed by atoms with Gasteiger partial charge < -0.3 is 0 Å². The largest absolute Gasteiger partial charge is 0.294 e. The lowest BCUT2D eigenvalue weighted by atomic mass is 9.95. The summed E-state index contributed by atoms with van der Waals surface area (Å²) >= 11 is 3.31. The van der Waals surface area contributed by atoms with Gasteiger partial charge in [-0.1, -0.05) is 35.8 Å². The van der Waals surface area contributed by atoms with E-state index < -0.39 is 0 Å². The molecular formula is C18H17BrF2O. The third-order valence-electron chi connectivity index (χ3n) is 3.68. The minimum atomic E-state index is -0.343. The molecule has 1 aliphatic rings. The minimum absolute atomic E-state index is 0.0323. The number of benzene rings is 2. The standard InChI is InChI=1S/C16H11BrF2O.C2H6/c17-14-2-1-3-15(19)13(14)8-10-6-9-7-11(18)4-5-12(9)16(10)20;1-2/h1-5,7,10H,6,8H2;1-2H3. The van der Waals surface area contributed by atoms with Gasteiger partial charge in [0.05, 0.1) is 0 Å². The highest BCUT2D eigenvalue weighted by Crippen LogP contribution is 2.32. The molecule has 0 bridgehead atoms. The molecular weight excluding hydrogens is 350 g/mol. The van der Waals surface area contributed by atoms with E-state index in [9.17, 15) is 13.6 Å². The number of hydrogen-bond acceptors (Lipinski definition) is 1. The molecule has 22 heavy (non-hydrogen) atoms.